The predicted molar refractivity (Wildman–Crippen MR) is 84.3 cm³/mol. The van der Waals surface area contributed by atoms with Crippen LogP contribution in [0.5, 0.6) is 0 Å². The molecule has 0 saturated heterocycles. The van der Waals surface area contributed by atoms with Gasteiger partial charge in [0.1, 0.15) is 5.56 Å². The van der Waals surface area contributed by atoms with Gasteiger partial charge in [-0.05, 0) is 12.1 Å². The summed E-state index contributed by atoms with van der Waals surface area (Å²) in [7, 11) is 0. The fraction of sp³-hybridized carbons (Fsp3) is 0.250. The van der Waals surface area contributed by atoms with Gasteiger partial charge in [0, 0.05) is 30.2 Å². The Morgan fingerprint density at radius 3 is 2.69 bits per heavy atom. The highest BCUT2D eigenvalue weighted by atomic mass is 19.4. The third kappa shape index (κ3) is 2.54. The lowest BCUT2D eigenvalue weighted by Gasteiger charge is -2.27. The third-order valence-electron chi connectivity index (χ3n) is 4.31. The van der Waals surface area contributed by atoms with Crippen molar-refractivity contribution in [2.75, 3.05) is 6.54 Å². The number of benzene rings is 1. The number of carbonyl (C=O) groups excluding carboxylic acids is 1. The van der Waals surface area contributed by atoms with Gasteiger partial charge in [-0.15, -0.1) is 10.2 Å². The van der Waals surface area contributed by atoms with Crippen LogP contribution in [0.15, 0.2) is 35.3 Å². The van der Waals surface area contributed by atoms with Crippen molar-refractivity contribution in [1.82, 2.24) is 24.6 Å². The average molecular weight is 363 g/mol. The van der Waals surface area contributed by atoms with Crippen LogP contribution < -0.4 is 5.43 Å². The number of carbonyl (C=O) groups is 1. The van der Waals surface area contributed by atoms with Gasteiger partial charge < -0.3 is 14.5 Å². The minimum atomic E-state index is -4.60. The minimum absolute atomic E-state index is 0.0270. The van der Waals surface area contributed by atoms with Crippen molar-refractivity contribution in [3.05, 3.63) is 57.9 Å². The molecule has 2 aromatic heterocycles. The number of aromatic amines is 1. The fourth-order valence-electron chi connectivity index (χ4n) is 3.04. The Balaban J connectivity index is 1.66. The molecule has 0 atom stereocenters. The van der Waals surface area contributed by atoms with Crippen LogP contribution >= 0.6 is 0 Å². The Labute approximate surface area is 144 Å². The van der Waals surface area contributed by atoms with E-state index >= 15 is 0 Å². The molecule has 4 rings (SSSR count). The smallest absolute Gasteiger partial charge is 0.360 e. The zero-order chi connectivity index (χ0) is 18.5. The summed E-state index contributed by atoms with van der Waals surface area (Å²) in [5.41, 5.74) is 0.113. The maximum atomic E-state index is 12.9. The van der Waals surface area contributed by atoms with E-state index in [1.54, 1.807) is 24.3 Å². The van der Waals surface area contributed by atoms with Crippen LogP contribution in [0, 0.1) is 0 Å². The second-order valence-electron chi connectivity index (χ2n) is 5.89. The molecule has 3 aromatic rings. The summed E-state index contributed by atoms with van der Waals surface area (Å²) in [5, 5.41) is 7.08. The second kappa shape index (κ2) is 5.68. The minimum Gasteiger partial charge on any atom is -0.360 e. The summed E-state index contributed by atoms with van der Waals surface area (Å²) in [4.78, 5) is 29.4. The Morgan fingerprint density at radius 2 is 1.92 bits per heavy atom. The fourth-order valence-corrected chi connectivity index (χ4v) is 3.04. The lowest BCUT2D eigenvalue weighted by Crippen LogP contribution is -2.41. The van der Waals surface area contributed by atoms with Crippen molar-refractivity contribution in [2.45, 2.75) is 19.3 Å². The van der Waals surface area contributed by atoms with Gasteiger partial charge in [0.2, 0.25) is 11.3 Å². The monoisotopic (exact) mass is 363 g/mol. The summed E-state index contributed by atoms with van der Waals surface area (Å²) in [6.07, 6.45) is -3.28. The number of aromatic nitrogens is 4. The van der Waals surface area contributed by atoms with E-state index in [0.717, 1.165) is 4.57 Å². The zero-order valence-corrected chi connectivity index (χ0v) is 13.2. The summed E-state index contributed by atoms with van der Waals surface area (Å²) in [6, 6.07) is 6.77. The largest absolute Gasteiger partial charge is 0.451 e. The summed E-state index contributed by atoms with van der Waals surface area (Å²) in [6.45, 7) is -0.207. The Hall–Kier alpha value is -3.17. The molecule has 1 aliphatic heterocycles. The molecule has 0 saturated carbocycles. The van der Waals surface area contributed by atoms with Gasteiger partial charge in [-0.1, -0.05) is 12.1 Å². The molecule has 1 aromatic carbocycles. The van der Waals surface area contributed by atoms with Crippen LogP contribution in [0.25, 0.3) is 10.9 Å². The van der Waals surface area contributed by atoms with Crippen LogP contribution in [0.1, 0.15) is 22.0 Å². The molecule has 0 fully saturated rings. The quantitative estimate of drug-likeness (QED) is 0.715. The topological polar surface area (TPSA) is 83.9 Å². The van der Waals surface area contributed by atoms with Crippen LogP contribution in [-0.2, 0) is 19.3 Å². The molecule has 7 nitrogen and oxygen atoms in total. The number of H-pyrrole nitrogens is 1. The molecule has 3 heterocycles. The molecular formula is C16H12F3N5O2. The van der Waals surface area contributed by atoms with E-state index in [0.29, 0.717) is 10.9 Å². The number of halogens is 3. The molecule has 0 unspecified atom stereocenters. The normalized spacial score (nSPS) is 14.5. The number of para-hydroxylation sites is 1. The van der Waals surface area contributed by atoms with Gasteiger partial charge in [-0.2, -0.15) is 13.2 Å². The van der Waals surface area contributed by atoms with E-state index in [4.69, 9.17) is 0 Å². The first-order valence-electron chi connectivity index (χ1n) is 7.75. The number of pyridine rings is 1. The Morgan fingerprint density at radius 1 is 1.15 bits per heavy atom. The van der Waals surface area contributed by atoms with Crippen molar-refractivity contribution in [3.63, 3.8) is 0 Å². The van der Waals surface area contributed by atoms with Crippen LogP contribution in [0.4, 0.5) is 13.2 Å². The third-order valence-corrected chi connectivity index (χ3v) is 4.31. The molecule has 0 spiro atoms. The lowest BCUT2D eigenvalue weighted by molar-refractivity contribution is -0.147. The average Bonchev–Trinajstić information content (AvgIpc) is 3.05. The van der Waals surface area contributed by atoms with E-state index in [-0.39, 0.29) is 31.0 Å². The number of hydrogen-bond donors (Lipinski definition) is 1. The molecule has 1 N–H and O–H groups in total. The highest BCUT2D eigenvalue weighted by Gasteiger charge is 2.40. The van der Waals surface area contributed by atoms with Crippen molar-refractivity contribution in [2.24, 2.45) is 0 Å². The molecule has 0 aliphatic carbocycles. The molecule has 0 radical (unpaired) electrons. The van der Waals surface area contributed by atoms with Crippen molar-refractivity contribution >= 4 is 16.8 Å². The number of rotatable bonds is 1. The summed E-state index contributed by atoms with van der Waals surface area (Å²) in [5.74, 6) is -1.60. The van der Waals surface area contributed by atoms with E-state index < -0.39 is 23.3 Å². The first-order chi connectivity index (χ1) is 12.4. The highest BCUT2D eigenvalue weighted by Crippen LogP contribution is 2.29. The Bertz CT molecular complexity index is 1070. The number of fused-ring (bicyclic) bond motifs is 2. The maximum absolute atomic E-state index is 12.9. The first kappa shape index (κ1) is 16.3. The standard InChI is InChI=1S/C16H12F3N5O2/c17-16(18,19)15-22-21-12-8-23(5-6-24(12)15)14(26)10-7-20-11-4-2-1-3-9(11)13(10)25/h1-4,7H,5-6,8H2,(H,20,25). The number of amides is 1. The summed E-state index contributed by atoms with van der Waals surface area (Å²) >= 11 is 0. The van der Waals surface area contributed by atoms with Crippen LogP contribution in [0.3, 0.4) is 0 Å². The first-order valence-corrected chi connectivity index (χ1v) is 7.75. The number of nitrogens with zero attached hydrogens (tertiary/aromatic N) is 4. The Kier molecular flexibility index (Phi) is 3.56. The van der Waals surface area contributed by atoms with Gasteiger partial charge in [-0.25, -0.2) is 0 Å². The maximum Gasteiger partial charge on any atom is 0.451 e. The number of nitrogens with one attached hydrogen (secondary N) is 1. The molecule has 0 bridgehead atoms. The highest BCUT2D eigenvalue weighted by molar-refractivity contribution is 5.97. The van der Waals surface area contributed by atoms with E-state index in [1.165, 1.54) is 11.1 Å². The zero-order valence-electron chi connectivity index (χ0n) is 13.2. The van der Waals surface area contributed by atoms with Gasteiger partial charge in [0.25, 0.3) is 5.91 Å². The van der Waals surface area contributed by atoms with Gasteiger partial charge >= 0.3 is 6.18 Å². The molecule has 10 heteroatoms. The van der Waals surface area contributed by atoms with Gasteiger partial charge in [0.05, 0.1) is 6.54 Å². The van der Waals surface area contributed by atoms with E-state index in [9.17, 15) is 22.8 Å². The molecule has 134 valence electrons. The van der Waals surface area contributed by atoms with Crippen LogP contribution in [-0.4, -0.2) is 37.1 Å². The molecule has 1 amide bonds. The SMILES string of the molecule is O=C(c1c[nH]c2ccccc2c1=O)N1CCn2c(nnc2C(F)(F)F)C1. The van der Waals surface area contributed by atoms with Gasteiger partial charge in [-0.3, -0.25) is 9.59 Å². The molecule has 1 aliphatic rings. The summed E-state index contributed by atoms with van der Waals surface area (Å²) < 4.78 is 39.6. The van der Waals surface area contributed by atoms with E-state index in [1.807, 2.05) is 0 Å². The lowest BCUT2D eigenvalue weighted by atomic mass is 10.1. The van der Waals surface area contributed by atoms with Crippen molar-refractivity contribution in [1.29, 1.82) is 0 Å². The molecular weight excluding hydrogens is 351 g/mol. The van der Waals surface area contributed by atoms with E-state index in [2.05, 4.69) is 15.2 Å². The van der Waals surface area contributed by atoms with Crippen molar-refractivity contribution in [3.8, 4) is 0 Å². The second-order valence-corrected chi connectivity index (χ2v) is 5.89. The van der Waals surface area contributed by atoms with Gasteiger partial charge in [0.15, 0.2) is 5.82 Å². The number of hydrogen-bond acceptors (Lipinski definition) is 4. The molecule has 26 heavy (non-hydrogen) atoms. The van der Waals surface area contributed by atoms with Crippen LogP contribution in [0.2, 0.25) is 0 Å². The number of alkyl halides is 3. The van der Waals surface area contributed by atoms with Crippen molar-refractivity contribution < 1.29 is 18.0 Å². The predicted octanol–water partition coefficient (Wildman–Crippen LogP) is 1.79.